The van der Waals surface area contributed by atoms with Crippen molar-refractivity contribution in [3.05, 3.63) is 35.0 Å². The Morgan fingerprint density at radius 1 is 1.41 bits per heavy atom. The zero-order chi connectivity index (χ0) is 12.4. The molecule has 2 aromatic rings. The van der Waals surface area contributed by atoms with E-state index >= 15 is 0 Å². The maximum atomic E-state index is 12.0. The maximum absolute atomic E-state index is 12.0. The number of aromatic nitrogens is 1. The number of rotatable bonds is 3. The van der Waals surface area contributed by atoms with Gasteiger partial charge >= 0.3 is 0 Å². The first kappa shape index (κ1) is 11.7. The topological polar surface area (TPSA) is 70.9 Å². The Morgan fingerprint density at radius 3 is 2.88 bits per heavy atom. The molecule has 90 valence electrons. The predicted molar refractivity (Wildman–Crippen MR) is 69.2 cm³/mol. The van der Waals surface area contributed by atoms with Gasteiger partial charge in [-0.25, -0.2) is 0 Å². The number of hydrogen-bond donors (Lipinski definition) is 3. The monoisotopic (exact) mass is 231 g/mol. The number of amides is 1. The van der Waals surface area contributed by atoms with Crippen LogP contribution in [-0.4, -0.2) is 24.0 Å². The van der Waals surface area contributed by atoms with E-state index in [1.165, 1.54) is 5.56 Å². The standard InChI is InChI=1S/C13H17N3O/c1-8-3-4-10-11(7-8)16-9(2)12(10)13(17)15-6-5-14/h3-4,7,16H,5-6,14H2,1-2H3,(H,15,17). The lowest BCUT2D eigenvalue weighted by atomic mass is 10.1. The van der Waals surface area contributed by atoms with Crippen LogP contribution in [0.15, 0.2) is 18.2 Å². The molecule has 0 fully saturated rings. The molecule has 4 nitrogen and oxygen atoms in total. The molecule has 1 amide bonds. The van der Waals surface area contributed by atoms with Crippen LogP contribution in [0.1, 0.15) is 21.6 Å². The summed E-state index contributed by atoms with van der Waals surface area (Å²) < 4.78 is 0. The van der Waals surface area contributed by atoms with Crippen molar-refractivity contribution in [2.75, 3.05) is 13.1 Å². The second-order valence-electron chi connectivity index (χ2n) is 4.22. The van der Waals surface area contributed by atoms with Crippen molar-refractivity contribution in [1.29, 1.82) is 0 Å². The largest absolute Gasteiger partial charge is 0.358 e. The van der Waals surface area contributed by atoms with Gasteiger partial charge in [0.25, 0.3) is 5.91 Å². The van der Waals surface area contributed by atoms with Gasteiger partial charge in [-0.3, -0.25) is 4.79 Å². The molecule has 0 unspecified atom stereocenters. The summed E-state index contributed by atoms with van der Waals surface area (Å²) in [6, 6.07) is 6.03. The number of aryl methyl sites for hydroxylation is 2. The number of carbonyl (C=O) groups is 1. The molecule has 0 atom stereocenters. The van der Waals surface area contributed by atoms with Crippen LogP contribution in [0.5, 0.6) is 0 Å². The fraction of sp³-hybridized carbons (Fsp3) is 0.308. The highest BCUT2D eigenvalue weighted by molar-refractivity contribution is 6.08. The number of carbonyl (C=O) groups excluding carboxylic acids is 1. The molecule has 1 heterocycles. The van der Waals surface area contributed by atoms with Gasteiger partial charge in [-0.15, -0.1) is 0 Å². The van der Waals surface area contributed by atoms with Gasteiger partial charge in [-0.05, 0) is 25.5 Å². The first-order valence-electron chi connectivity index (χ1n) is 5.70. The molecule has 2 rings (SSSR count). The minimum atomic E-state index is -0.0666. The van der Waals surface area contributed by atoms with E-state index in [1.54, 1.807) is 0 Å². The molecular weight excluding hydrogens is 214 g/mol. The molecular formula is C13H17N3O. The summed E-state index contributed by atoms with van der Waals surface area (Å²) in [5.74, 6) is -0.0666. The number of fused-ring (bicyclic) bond motifs is 1. The van der Waals surface area contributed by atoms with Gasteiger partial charge in [-0.2, -0.15) is 0 Å². The van der Waals surface area contributed by atoms with Crippen molar-refractivity contribution in [1.82, 2.24) is 10.3 Å². The summed E-state index contributed by atoms with van der Waals surface area (Å²) in [7, 11) is 0. The molecule has 0 saturated carbocycles. The highest BCUT2D eigenvalue weighted by atomic mass is 16.1. The molecule has 4 heteroatoms. The van der Waals surface area contributed by atoms with Gasteiger partial charge in [0.15, 0.2) is 0 Å². The van der Waals surface area contributed by atoms with E-state index in [0.717, 1.165) is 16.6 Å². The Balaban J connectivity index is 2.46. The average molecular weight is 231 g/mol. The van der Waals surface area contributed by atoms with Gasteiger partial charge in [0.1, 0.15) is 0 Å². The highest BCUT2D eigenvalue weighted by Crippen LogP contribution is 2.22. The van der Waals surface area contributed by atoms with Crippen LogP contribution < -0.4 is 11.1 Å². The van der Waals surface area contributed by atoms with Crippen LogP contribution in [0.4, 0.5) is 0 Å². The van der Waals surface area contributed by atoms with E-state index in [1.807, 2.05) is 32.0 Å². The third kappa shape index (κ3) is 2.17. The van der Waals surface area contributed by atoms with Gasteiger partial charge in [0, 0.05) is 29.7 Å². The molecule has 0 spiro atoms. The average Bonchev–Trinajstić information content (AvgIpc) is 2.61. The third-order valence-electron chi connectivity index (χ3n) is 2.80. The van der Waals surface area contributed by atoms with Crippen LogP contribution >= 0.6 is 0 Å². The Bertz CT molecular complexity index is 557. The van der Waals surface area contributed by atoms with Crippen LogP contribution in [-0.2, 0) is 0 Å². The molecule has 1 aromatic heterocycles. The predicted octanol–water partition coefficient (Wildman–Crippen LogP) is 1.47. The van der Waals surface area contributed by atoms with Crippen LogP contribution in [0.2, 0.25) is 0 Å². The molecule has 1 aromatic carbocycles. The van der Waals surface area contributed by atoms with Crippen molar-refractivity contribution in [2.45, 2.75) is 13.8 Å². The number of nitrogens with two attached hydrogens (primary N) is 1. The Kier molecular flexibility index (Phi) is 3.15. The van der Waals surface area contributed by atoms with Gasteiger partial charge < -0.3 is 16.0 Å². The summed E-state index contributed by atoms with van der Waals surface area (Å²) in [5, 5.41) is 3.76. The molecule has 0 bridgehead atoms. The van der Waals surface area contributed by atoms with Crippen molar-refractivity contribution in [2.24, 2.45) is 5.73 Å². The summed E-state index contributed by atoms with van der Waals surface area (Å²) >= 11 is 0. The van der Waals surface area contributed by atoms with E-state index in [9.17, 15) is 4.79 Å². The smallest absolute Gasteiger partial charge is 0.253 e. The lowest BCUT2D eigenvalue weighted by Crippen LogP contribution is -2.29. The first-order valence-corrected chi connectivity index (χ1v) is 5.70. The molecule has 0 radical (unpaired) electrons. The summed E-state index contributed by atoms with van der Waals surface area (Å²) in [4.78, 5) is 15.2. The van der Waals surface area contributed by atoms with E-state index in [4.69, 9.17) is 5.73 Å². The molecule has 0 aliphatic heterocycles. The summed E-state index contributed by atoms with van der Waals surface area (Å²) in [6.07, 6.45) is 0. The van der Waals surface area contributed by atoms with Gasteiger partial charge in [-0.1, -0.05) is 12.1 Å². The Morgan fingerprint density at radius 2 is 2.18 bits per heavy atom. The van der Waals surface area contributed by atoms with Crippen LogP contribution in [0.25, 0.3) is 10.9 Å². The number of aromatic amines is 1. The third-order valence-corrected chi connectivity index (χ3v) is 2.80. The molecule has 0 aliphatic carbocycles. The van der Waals surface area contributed by atoms with E-state index < -0.39 is 0 Å². The van der Waals surface area contributed by atoms with Crippen LogP contribution in [0, 0.1) is 13.8 Å². The number of H-pyrrole nitrogens is 1. The molecule has 4 N–H and O–H groups in total. The molecule has 0 saturated heterocycles. The van der Waals surface area contributed by atoms with Crippen molar-refractivity contribution < 1.29 is 4.79 Å². The normalized spacial score (nSPS) is 10.8. The van der Waals surface area contributed by atoms with Crippen molar-refractivity contribution >= 4 is 16.8 Å². The Hall–Kier alpha value is -1.81. The van der Waals surface area contributed by atoms with E-state index in [0.29, 0.717) is 18.7 Å². The zero-order valence-corrected chi connectivity index (χ0v) is 10.1. The second-order valence-corrected chi connectivity index (χ2v) is 4.22. The summed E-state index contributed by atoms with van der Waals surface area (Å²) in [6.45, 7) is 4.89. The minimum Gasteiger partial charge on any atom is -0.358 e. The maximum Gasteiger partial charge on any atom is 0.253 e. The van der Waals surface area contributed by atoms with Gasteiger partial charge in [0.05, 0.1) is 5.56 Å². The number of nitrogens with one attached hydrogen (secondary N) is 2. The number of hydrogen-bond acceptors (Lipinski definition) is 2. The number of benzene rings is 1. The Labute approximate surface area is 100 Å². The first-order chi connectivity index (χ1) is 8.13. The van der Waals surface area contributed by atoms with Gasteiger partial charge in [0.2, 0.25) is 0 Å². The zero-order valence-electron chi connectivity index (χ0n) is 10.1. The molecule has 0 aliphatic rings. The minimum absolute atomic E-state index is 0.0666. The summed E-state index contributed by atoms with van der Waals surface area (Å²) in [5.41, 5.74) is 9.16. The van der Waals surface area contributed by atoms with E-state index in [-0.39, 0.29) is 5.91 Å². The SMILES string of the molecule is Cc1ccc2c(C(=O)NCCN)c(C)[nH]c2c1. The lowest BCUT2D eigenvalue weighted by Gasteiger charge is -2.03. The fourth-order valence-corrected chi connectivity index (χ4v) is 2.01. The van der Waals surface area contributed by atoms with Crippen molar-refractivity contribution in [3.8, 4) is 0 Å². The van der Waals surface area contributed by atoms with Crippen molar-refractivity contribution in [3.63, 3.8) is 0 Å². The van der Waals surface area contributed by atoms with Crippen LogP contribution in [0.3, 0.4) is 0 Å². The fourth-order valence-electron chi connectivity index (χ4n) is 2.01. The second kappa shape index (κ2) is 4.59. The molecule has 17 heavy (non-hydrogen) atoms. The lowest BCUT2D eigenvalue weighted by molar-refractivity contribution is 0.0956. The van der Waals surface area contributed by atoms with E-state index in [2.05, 4.69) is 10.3 Å². The highest BCUT2D eigenvalue weighted by Gasteiger charge is 2.15. The quantitative estimate of drug-likeness (QED) is 0.748.